The second-order valence-electron chi connectivity index (χ2n) is 6.56. The van der Waals surface area contributed by atoms with Gasteiger partial charge in [-0.15, -0.1) is 0 Å². The third-order valence-electron chi connectivity index (χ3n) is 4.82. The average Bonchev–Trinajstić information content (AvgIpc) is 3.23. The molecule has 1 aliphatic rings. The Bertz CT molecular complexity index is 825. The van der Waals surface area contributed by atoms with Gasteiger partial charge < -0.3 is 19.1 Å². The number of alkyl halides is 2. The summed E-state index contributed by atoms with van der Waals surface area (Å²) in [6.45, 7) is 0.177. The fraction of sp³-hybridized carbons (Fsp3) is 0.474. The number of carbonyl (C=O) groups is 1. The molecular weight excluding hydrogens is 386 g/mol. The molecule has 1 amide bonds. The molecule has 0 unspecified atom stereocenters. The number of hydrogen-bond donors (Lipinski definition) is 0. The maximum absolute atomic E-state index is 12.6. The SMILES string of the molecule is COc1cc(CN2CCN(C(=O)c3ccn(C(F)F)n3)CC2)cc(OC)c1OC. The summed E-state index contributed by atoms with van der Waals surface area (Å²) in [5.74, 6) is 1.38. The Morgan fingerprint density at radius 1 is 1.07 bits per heavy atom. The summed E-state index contributed by atoms with van der Waals surface area (Å²) in [4.78, 5) is 16.3. The van der Waals surface area contributed by atoms with Crippen molar-refractivity contribution in [3.05, 3.63) is 35.7 Å². The molecule has 1 fully saturated rings. The van der Waals surface area contributed by atoms with Crippen molar-refractivity contribution in [3.63, 3.8) is 0 Å². The van der Waals surface area contributed by atoms with Crippen LogP contribution in [0.2, 0.25) is 0 Å². The fourth-order valence-corrected chi connectivity index (χ4v) is 3.32. The van der Waals surface area contributed by atoms with E-state index < -0.39 is 6.55 Å². The normalized spacial score (nSPS) is 14.9. The zero-order chi connectivity index (χ0) is 21.0. The average molecular weight is 410 g/mol. The molecule has 0 spiro atoms. The first-order valence-electron chi connectivity index (χ1n) is 9.10. The van der Waals surface area contributed by atoms with Crippen molar-refractivity contribution in [2.75, 3.05) is 47.5 Å². The van der Waals surface area contributed by atoms with Crippen molar-refractivity contribution >= 4 is 5.91 Å². The minimum Gasteiger partial charge on any atom is -0.493 e. The molecule has 8 nitrogen and oxygen atoms in total. The molecule has 2 aromatic rings. The van der Waals surface area contributed by atoms with Crippen molar-refractivity contribution in [1.29, 1.82) is 0 Å². The van der Waals surface area contributed by atoms with E-state index in [1.165, 1.54) is 6.07 Å². The van der Waals surface area contributed by atoms with Crippen molar-refractivity contribution in [1.82, 2.24) is 19.6 Å². The Hall–Kier alpha value is -2.88. The number of methoxy groups -OCH3 is 3. The van der Waals surface area contributed by atoms with E-state index in [0.717, 1.165) is 11.8 Å². The predicted octanol–water partition coefficient (Wildman–Crippen LogP) is 2.26. The zero-order valence-corrected chi connectivity index (χ0v) is 16.6. The lowest BCUT2D eigenvalue weighted by molar-refractivity contribution is 0.0534. The number of aromatic nitrogens is 2. The van der Waals surface area contributed by atoms with Crippen LogP contribution in [0, 0.1) is 0 Å². The molecule has 1 aliphatic heterocycles. The minimum atomic E-state index is -2.76. The number of halogens is 2. The Morgan fingerprint density at radius 2 is 1.69 bits per heavy atom. The highest BCUT2D eigenvalue weighted by Gasteiger charge is 2.25. The largest absolute Gasteiger partial charge is 0.493 e. The van der Waals surface area contributed by atoms with Crippen LogP contribution in [0.1, 0.15) is 22.6 Å². The summed E-state index contributed by atoms with van der Waals surface area (Å²) in [5.41, 5.74) is 1.03. The van der Waals surface area contributed by atoms with Crippen molar-refractivity contribution < 1.29 is 27.8 Å². The van der Waals surface area contributed by atoms with Crippen LogP contribution in [-0.2, 0) is 6.54 Å². The Morgan fingerprint density at radius 3 is 2.17 bits per heavy atom. The van der Waals surface area contributed by atoms with E-state index in [1.807, 2.05) is 12.1 Å². The molecule has 0 saturated carbocycles. The number of benzene rings is 1. The summed E-state index contributed by atoms with van der Waals surface area (Å²) in [5, 5.41) is 3.65. The van der Waals surface area contributed by atoms with Crippen LogP contribution in [0.5, 0.6) is 17.2 Å². The molecule has 3 rings (SSSR count). The molecule has 0 aliphatic carbocycles. The molecule has 10 heteroatoms. The smallest absolute Gasteiger partial charge is 0.333 e. The van der Waals surface area contributed by atoms with Crippen molar-refractivity contribution in [2.45, 2.75) is 13.1 Å². The topological polar surface area (TPSA) is 69.1 Å². The molecule has 1 saturated heterocycles. The van der Waals surface area contributed by atoms with E-state index in [4.69, 9.17) is 14.2 Å². The number of hydrogen-bond acceptors (Lipinski definition) is 6. The Kier molecular flexibility index (Phi) is 6.53. The number of carbonyl (C=O) groups excluding carboxylic acids is 1. The van der Waals surface area contributed by atoms with Gasteiger partial charge in [0.1, 0.15) is 0 Å². The van der Waals surface area contributed by atoms with Crippen LogP contribution in [0.15, 0.2) is 24.4 Å². The van der Waals surface area contributed by atoms with Crippen molar-refractivity contribution in [2.24, 2.45) is 0 Å². The second-order valence-corrected chi connectivity index (χ2v) is 6.56. The van der Waals surface area contributed by atoms with Crippen LogP contribution in [0.25, 0.3) is 0 Å². The molecule has 158 valence electrons. The summed E-state index contributed by atoms with van der Waals surface area (Å²) in [6.07, 6.45) is 1.11. The van der Waals surface area contributed by atoms with Gasteiger partial charge in [0.2, 0.25) is 5.75 Å². The van der Waals surface area contributed by atoms with E-state index >= 15 is 0 Å². The van der Waals surface area contributed by atoms with Crippen LogP contribution >= 0.6 is 0 Å². The molecular formula is C19H24F2N4O4. The summed E-state index contributed by atoms with van der Waals surface area (Å²) in [6, 6.07) is 5.11. The van der Waals surface area contributed by atoms with Crippen LogP contribution in [-0.4, -0.2) is 73.0 Å². The summed E-state index contributed by atoms with van der Waals surface area (Å²) in [7, 11) is 4.70. The standard InChI is InChI=1S/C19H24F2N4O4/c1-27-15-10-13(11-16(28-2)17(15)29-3)12-23-6-8-24(9-7-23)18(26)14-4-5-25(22-14)19(20)21/h4-5,10-11,19H,6-9,12H2,1-3H3. The van der Waals surface area contributed by atoms with Gasteiger partial charge in [-0.05, 0) is 23.8 Å². The van der Waals surface area contributed by atoms with Gasteiger partial charge in [0.15, 0.2) is 17.2 Å². The number of ether oxygens (including phenoxy) is 3. The Balaban J connectivity index is 1.61. The van der Waals surface area contributed by atoms with Crippen molar-refractivity contribution in [3.8, 4) is 17.2 Å². The first-order chi connectivity index (χ1) is 14.0. The molecule has 1 aromatic carbocycles. The molecule has 0 atom stereocenters. The number of rotatable bonds is 7. The third kappa shape index (κ3) is 4.58. The van der Waals surface area contributed by atoms with E-state index in [2.05, 4.69) is 10.00 Å². The minimum absolute atomic E-state index is 0.0309. The molecule has 0 bridgehead atoms. The van der Waals surface area contributed by atoms with E-state index in [0.29, 0.717) is 54.7 Å². The molecule has 0 radical (unpaired) electrons. The first kappa shape index (κ1) is 20.8. The Labute approximate surface area is 167 Å². The monoisotopic (exact) mass is 410 g/mol. The number of amides is 1. The lowest BCUT2D eigenvalue weighted by Crippen LogP contribution is -2.48. The molecule has 1 aromatic heterocycles. The van der Waals surface area contributed by atoms with Gasteiger partial charge in [0.05, 0.1) is 21.3 Å². The zero-order valence-electron chi connectivity index (χ0n) is 16.6. The number of nitrogens with zero attached hydrogens (tertiary/aromatic N) is 4. The van der Waals surface area contributed by atoms with E-state index in [1.54, 1.807) is 26.2 Å². The predicted molar refractivity (Wildman–Crippen MR) is 101 cm³/mol. The van der Waals surface area contributed by atoms with Gasteiger partial charge >= 0.3 is 6.55 Å². The highest BCUT2D eigenvalue weighted by atomic mass is 19.3. The van der Waals surface area contributed by atoms with Crippen LogP contribution in [0.4, 0.5) is 8.78 Å². The van der Waals surface area contributed by atoms with Gasteiger partial charge in [-0.1, -0.05) is 0 Å². The van der Waals surface area contributed by atoms with Gasteiger partial charge in [0.25, 0.3) is 5.91 Å². The fourth-order valence-electron chi connectivity index (χ4n) is 3.32. The first-order valence-corrected chi connectivity index (χ1v) is 9.10. The number of piperazine rings is 1. The lowest BCUT2D eigenvalue weighted by Gasteiger charge is -2.34. The lowest BCUT2D eigenvalue weighted by atomic mass is 10.1. The third-order valence-corrected chi connectivity index (χ3v) is 4.82. The van der Waals surface area contributed by atoms with Crippen LogP contribution in [0.3, 0.4) is 0 Å². The second kappa shape index (κ2) is 9.08. The summed E-state index contributed by atoms with van der Waals surface area (Å²) < 4.78 is 41.9. The van der Waals surface area contributed by atoms with Gasteiger partial charge in [-0.2, -0.15) is 13.9 Å². The van der Waals surface area contributed by atoms with E-state index in [-0.39, 0.29) is 11.6 Å². The highest BCUT2D eigenvalue weighted by Crippen LogP contribution is 2.38. The molecule has 0 N–H and O–H groups in total. The van der Waals surface area contributed by atoms with Gasteiger partial charge in [-0.25, -0.2) is 4.68 Å². The summed E-state index contributed by atoms with van der Waals surface area (Å²) >= 11 is 0. The highest BCUT2D eigenvalue weighted by molar-refractivity contribution is 5.92. The van der Waals surface area contributed by atoms with Gasteiger partial charge in [-0.3, -0.25) is 9.69 Å². The molecule has 29 heavy (non-hydrogen) atoms. The van der Waals surface area contributed by atoms with E-state index in [9.17, 15) is 13.6 Å². The molecule has 2 heterocycles. The quantitative estimate of drug-likeness (QED) is 0.698. The van der Waals surface area contributed by atoms with Crippen LogP contribution < -0.4 is 14.2 Å². The van der Waals surface area contributed by atoms with Gasteiger partial charge in [0, 0.05) is 38.9 Å². The maximum Gasteiger partial charge on any atom is 0.333 e. The maximum atomic E-state index is 12.6.